The molecule has 0 aliphatic rings. The molecule has 0 fully saturated rings. The van der Waals surface area contributed by atoms with Gasteiger partial charge in [0.2, 0.25) is 10.0 Å². The smallest absolute Gasteiger partial charge is 0.230 e. The van der Waals surface area contributed by atoms with Crippen molar-refractivity contribution < 1.29 is 8.42 Å². The van der Waals surface area contributed by atoms with Gasteiger partial charge >= 0.3 is 0 Å². The van der Waals surface area contributed by atoms with Crippen LogP contribution < -0.4 is 10.5 Å². The fourth-order valence-corrected chi connectivity index (χ4v) is 1.30. The van der Waals surface area contributed by atoms with Gasteiger partial charge in [0.15, 0.2) is 0 Å². The van der Waals surface area contributed by atoms with Gasteiger partial charge in [0.1, 0.15) is 5.82 Å². The first-order valence-electron chi connectivity index (χ1n) is 3.58. The highest BCUT2D eigenvalue weighted by atomic mass is 32.2. The van der Waals surface area contributed by atoms with E-state index < -0.39 is 10.0 Å². The summed E-state index contributed by atoms with van der Waals surface area (Å²) in [7, 11) is -3.26. The molecule has 0 aliphatic heterocycles. The van der Waals surface area contributed by atoms with Crippen molar-refractivity contribution in [3.8, 4) is 0 Å². The highest BCUT2D eigenvalue weighted by Gasteiger charge is 2.03. The van der Waals surface area contributed by atoms with E-state index in [4.69, 9.17) is 5.73 Å². The summed E-state index contributed by atoms with van der Waals surface area (Å²) in [4.78, 5) is 3.81. The number of sulfonamides is 1. The van der Waals surface area contributed by atoms with Crippen LogP contribution in [0, 0.1) is 6.92 Å². The van der Waals surface area contributed by atoms with Gasteiger partial charge in [-0.3, -0.25) is 4.72 Å². The van der Waals surface area contributed by atoms with Crippen LogP contribution in [0.4, 0.5) is 11.5 Å². The van der Waals surface area contributed by atoms with Crippen LogP contribution in [0.1, 0.15) is 5.56 Å². The van der Waals surface area contributed by atoms with E-state index in [1.54, 1.807) is 13.0 Å². The Morgan fingerprint density at radius 2 is 2.15 bits per heavy atom. The van der Waals surface area contributed by atoms with Crippen LogP contribution in [0.5, 0.6) is 0 Å². The Bertz CT molecular complexity index is 414. The second-order valence-corrected chi connectivity index (χ2v) is 4.55. The predicted octanol–water partition coefficient (Wildman–Crippen LogP) is 0.344. The van der Waals surface area contributed by atoms with Gasteiger partial charge in [-0.1, -0.05) is 0 Å². The Hall–Kier alpha value is -1.30. The summed E-state index contributed by atoms with van der Waals surface area (Å²) in [6, 6.07) is 1.58. The third kappa shape index (κ3) is 2.90. The van der Waals surface area contributed by atoms with Gasteiger partial charge in [-0.05, 0) is 18.6 Å². The minimum absolute atomic E-state index is 0.286. The second kappa shape index (κ2) is 3.21. The highest BCUT2D eigenvalue weighted by molar-refractivity contribution is 7.92. The number of aromatic nitrogens is 1. The molecule has 6 heteroatoms. The molecule has 0 saturated heterocycles. The lowest BCUT2D eigenvalue weighted by Crippen LogP contribution is -2.11. The molecule has 0 bridgehead atoms. The van der Waals surface area contributed by atoms with Crippen LogP contribution in [0.3, 0.4) is 0 Å². The summed E-state index contributed by atoms with van der Waals surface area (Å²) in [6.07, 6.45) is 2.49. The fraction of sp³-hybridized carbons (Fsp3) is 0.286. The number of nitrogens with one attached hydrogen (secondary N) is 1. The van der Waals surface area contributed by atoms with E-state index in [0.29, 0.717) is 5.69 Å². The minimum atomic E-state index is -3.26. The van der Waals surface area contributed by atoms with Crippen LogP contribution in [0.15, 0.2) is 12.3 Å². The van der Waals surface area contributed by atoms with Gasteiger partial charge in [-0.2, -0.15) is 0 Å². The molecule has 3 N–H and O–H groups in total. The molecule has 0 atom stereocenters. The molecule has 0 aromatic carbocycles. The highest BCUT2D eigenvalue weighted by Crippen LogP contribution is 2.13. The zero-order valence-corrected chi connectivity index (χ0v) is 8.22. The van der Waals surface area contributed by atoms with E-state index in [9.17, 15) is 8.42 Å². The largest absolute Gasteiger partial charge is 0.397 e. The summed E-state index contributed by atoms with van der Waals surface area (Å²) in [5.41, 5.74) is 6.85. The molecule has 0 amide bonds. The van der Waals surface area contributed by atoms with Crippen molar-refractivity contribution in [2.45, 2.75) is 6.92 Å². The number of pyridine rings is 1. The van der Waals surface area contributed by atoms with Crippen molar-refractivity contribution in [3.63, 3.8) is 0 Å². The Morgan fingerprint density at radius 3 is 2.62 bits per heavy atom. The average molecular weight is 201 g/mol. The maximum atomic E-state index is 10.8. The molecule has 72 valence electrons. The van der Waals surface area contributed by atoms with Crippen molar-refractivity contribution in [2.75, 3.05) is 16.7 Å². The van der Waals surface area contributed by atoms with E-state index in [2.05, 4.69) is 9.71 Å². The first-order chi connectivity index (χ1) is 5.88. The van der Waals surface area contributed by atoms with Crippen molar-refractivity contribution in [1.82, 2.24) is 4.98 Å². The Labute approximate surface area is 77.0 Å². The molecular formula is C7H11N3O2S. The lowest BCUT2D eigenvalue weighted by atomic mass is 10.2. The number of anilines is 2. The monoisotopic (exact) mass is 201 g/mol. The van der Waals surface area contributed by atoms with Crippen LogP contribution in [0.2, 0.25) is 0 Å². The van der Waals surface area contributed by atoms with E-state index in [0.717, 1.165) is 11.8 Å². The van der Waals surface area contributed by atoms with E-state index in [1.807, 2.05) is 0 Å². The number of nitrogens with two attached hydrogens (primary N) is 1. The Morgan fingerprint density at radius 1 is 1.54 bits per heavy atom. The molecule has 5 nitrogen and oxygen atoms in total. The third-order valence-corrected chi connectivity index (χ3v) is 2.02. The summed E-state index contributed by atoms with van der Waals surface area (Å²) >= 11 is 0. The SMILES string of the molecule is Cc1cc(NS(C)(=O)=O)ncc1N. The summed E-state index contributed by atoms with van der Waals surface area (Å²) < 4.78 is 23.9. The van der Waals surface area contributed by atoms with Gasteiger partial charge in [0.05, 0.1) is 18.1 Å². The molecule has 0 spiro atoms. The van der Waals surface area contributed by atoms with Crippen LogP contribution >= 0.6 is 0 Å². The molecule has 0 saturated carbocycles. The standard InChI is InChI=1S/C7H11N3O2S/c1-5-3-7(9-4-6(5)8)10-13(2,11)12/h3-4H,8H2,1-2H3,(H,9,10). The normalized spacial score (nSPS) is 11.2. The van der Waals surface area contributed by atoms with Crippen molar-refractivity contribution >= 4 is 21.5 Å². The number of nitrogens with zero attached hydrogens (tertiary/aromatic N) is 1. The zero-order valence-electron chi connectivity index (χ0n) is 7.40. The molecule has 1 heterocycles. The predicted molar refractivity (Wildman–Crippen MR) is 51.9 cm³/mol. The summed E-state index contributed by atoms with van der Waals surface area (Å²) in [5, 5.41) is 0. The third-order valence-electron chi connectivity index (χ3n) is 1.44. The molecular weight excluding hydrogens is 190 g/mol. The van der Waals surface area contributed by atoms with Crippen molar-refractivity contribution in [3.05, 3.63) is 17.8 Å². The molecule has 13 heavy (non-hydrogen) atoms. The van der Waals surface area contributed by atoms with Gasteiger partial charge in [-0.25, -0.2) is 13.4 Å². The quantitative estimate of drug-likeness (QED) is 0.722. The molecule has 0 radical (unpaired) electrons. The van der Waals surface area contributed by atoms with Gasteiger partial charge in [0, 0.05) is 0 Å². The lowest BCUT2D eigenvalue weighted by Gasteiger charge is -2.04. The molecule has 1 rings (SSSR count). The molecule has 1 aromatic rings. The first kappa shape index (κ1) is 9.79. The van der Waals surface area contributed by atoms with Crippen LogP contribution in [-0.2, 0) is 10.0 Å². The first-order valence-corrected chi connectivity index (χ1v) is 5.47. The number of aryl methyl sites for hydroxylation is 1. The maximum absolute atomic E-state index is 10.8. The van der Waals surface area contributed by atoms with E-state index >= 15 is 0 Å². The number of rotatable bonds is 2. The average Bonchev–Trinajstić information content (AvgIpc) is 1.94. The van der Waals surface area contributed by atoms with Crippen LogP contribution in [0.25, 0.3) is 0 Å². The molecule has 0 aliphatic carbocycles. The molecule has 0 unspecified atom stereocenters. The Kier molecular flexibility index (Phi) is 2.42. The zero-order chi connectivity index (χ0) is 10.1. The van der Waals surface area contributed by atoms with Gasteiger partial charge < -0.3 is 5.73 Å². The fourth-order valence-electron chi connectivity index (χ4n) is 0.812. The minimum Gasteiger partial charge on any atom is -0.397 e. The topological polar surface area (TPSA) is 85.1 Å². The van der Waals surface area contributed by atoms with Crippen molar-refractivity contribution in [2.24, 2.45) is 0 Å². The van der Waals surface area contributed by atoms with E-state index in [-0.39, 0.29) is 5.82 Å². The number of nitrogen functional groups attached to an aromatic ring is 1. The number of hydrogen-bond donors (Lipinski definition) is 2. The number of hydrogen-bond acceptors (Lipinski definition) is 4. The molecule has 1 aromatic heterocycles. The van der Waals surface area contributed by atoms with Gasteiger partial charge in [0.25, 0.3) is 0 Å². The van der Waals surface area contributed by atoms with E-state index in [1.165, 1.54) is 6.20 Å². The van der Waals surface area contributed by atoms with Crippen LogP contribution in [-0.4, -0.2) is 19.7 Å². The summed E-state index contributed by atoms with van der Waals surface area (Å²) in [6.45, 7) is 1.78. The summed E-state index contributed by atoms with van der Waals surface area (Å²) in [5.74, 6) is 0.286. The lowest BCUT2D eigenvalue weighted by molar-refractivity contribution is 0.606. The Balaban J connectivity index is 2.99. The maximum Gasteiger partial charge on any atom is 0.230 e. The van der Waals surface area contributed by atoms with Crippen molar-refractivity contribution in [1.29, 1.82) is 0 Å². The second-order valence-electron chi connectivity index (χ2n) is 2.80. The van der Waals surface area contributed by atoms with Gasteiger partial charge in [-0.15, -0.1) is 0 Å².